The summed E-state index contributed by atoms with van der Waals surface area (Å²) in [5, 5.41) is 0.354. The number of nitrogens with zero attached hydrogens (tertiary/aromatic N) is 4. The second kappa shape index (κ2) is 4.25. The molecule has 0 fully saturated rings. The Morgan fingerprint density at radius 3 is 2.20 bits per heavy atom. The Labute approximate surface area is 105 Å². The first kappa shape index (κ1) is 11.1. The summed E-state index contributed by atoms with van der Waals surface area (Å²) in [5.74, 6) is 0.820. The second-order valence-electron chi connectivity index (χ2n) is 2.57. The minimum atomic E-state index is 0.0771. The van der Waals surface area contributed by atoms with Crippen molar-refractivity contribution >= 4 is 58.6 Å². The van der Waals surface area contributed by atoms with E-state index in [1.807, 2.05) is 0 Å². The molecule has 2 aromatic rings. The number of halogens is 3. The predicted molar refractivity (Wildman–Crippen MR) is 62.8 cm³/mol. The van der Waals surface area contributed by atoms with Gasteiger partial charge < -0.3 is 0 Å². The van der Waals surface area contributed by atoms with Gasteiger partial charge in [0, 0.05) is 0 Å². The number of aromatic nitrogens is 4. The predicted octanol–water partition coefficient (Wildman–Crippen LogP) is 2.81. The molecule has 2 rings (SSSR count). The molecule has 4 nitrogen and oxygen atoms in total. The van der Waals surface area contributed by atoms with Gasteiger partial charge in [0.2, 0.25) is 0 Å². The van der Waals surface area contributed by atoms with E-state index in [-0.39, 0.29) is 15.5 Å². The molecule has 2 aromatic heterocycles. The SMILES string of the molecule is SCc1nc(Cl)c2nc(Cl)c(Cl)nc2n1. The van der Waals surface area contributed by atoms with Crippen LogP contribution < -0.4 is 0 Å². The Bertz CT molecular complexity index is 533. The average molecular weight is 282 g/mol. The molecule has 0 spiro atoms. The van der Waals surface area contributed by atoms with Gasteiger partial charge in [-0.3, -0.25) is 0 Å². The molecule has 0 N–H and O–H groups in total. The van der Waals surface area contributed by atoms with Crippen molar-refractivity contribution in [1.29, 1.82) is 0 Å². The Morgan fingerprint density at radius 1 is 0.867 bits per heavy atom. The summed E-state index contributed by atoms with van der Waals surface area (Å²) in [6, 6.07) is 0. The first-order valence-corrected chi connectivity index (χ1v) is 5.54. The number of fused-ring (bicyclic) bond motifs is 1. The number of hydrogen-bond donors (Lipinski definition) is 1. The van der Waals surface area contributed by atoms with Crippen LogP contribution in [0.2, 0.25) is 15.5 Å². The third kappa shape index (κ3) is 2.10. The molecule has 78 valence electrons. The normalized spacial score (nSPS) is 10.9. The molecule has 0 radical (unpaired) electrons. The number of thiol groups is 1. The molecule has 0 aliphatic heterocycles. The molecule has 0 aliphatic rings. The van der Waals surface area contributed by atoms with Crippen molar-refractivity contribution in [2.75, 3.05) is 0 Å². The van der Waals surface area contributed by atoms with E-state index in [2.05, 4.69) is 32.6 Å². The zero-order valence-corrected chi connectivity index (χ0v) is 10.2. The summed E-state index contributed by atoms with van der Waals surface area (Å²) in [7, 11) is 0. The van der Waals surface area contributed by atoms with E-state index in [4.69, 9.17) is 34.8 Å². The minimum absolute atomic E-state index is 0.0771. The highest BCUT2D eigenvalue weighted by atomic mass is 35.5. The van der Waals surface area contributed by atoms with Crippen LogP contribution in [0.5, 0.6) is 0 Å². The van der Waals surface area contributed by atoms with Gasteiger partial charge in [-0.25, -0.2) is 19.9 Å². The fourth-order valence-corrected chi connectivity index (χ4v) is 1.60. The zero-order valence-electron chi connectivity index (χ0n) is 7.08. The van der Waals surface area contributed by atoms with Gasteiger partial charge in [-0.2, -0.15) is 12.6 Å². The van der Waals surface area contributed by atoms with Crippen LogP contribution in [0, 0.1) is 0 Å². The van der Waals surface area contributed by atoms with E-state index in [1.54, 1.807) is 0 Å². The molecular weight excluding hydrogens is 279 g/mol. The maximum Gasteiger partial charge on any atom is 0.184 e. The summed E-state index contributed by atoms with van der Waals surface area (Å²) < 4.78 is 0. The van der Waals surface area contributed by atoms with E-state index >= 15 is 0 Å². The molecule has 0 bridgehead atoms. The largest absolute Gasteiger partial charge is 0.226 e. The van der Waals surface area contributed by atoms with Crippen LogP contribution in [0.3, 0.4) is 0 Å². The molecule has 0 atom stereocenters. The lowest BCUT2D eigenvalue weighted by Gasteiger charge is -2.02. The van der Waals surface area contributed by atoms with E-state index in [0.717, 1.165) is 0 Å². The van der Waals surface area contributed by atoms with E-state index in [9.17, 15) is 0 Å². The molecule has 0 saturated carbocycles. The smallest absolute Gasteiger partial charge is 0.184 e. The van der Waals surface area contributed by atoms with Gasteiger partial charge in [0.05, 0.1) is 5.75 Å². The maximum absolute atomic E-state index is 5.88. The van der Waals surface area contributed by atoms with Crippen molar-refractivity contribution in [3.63, 3.8) is 0 Å². The Balaban J connectivity index is 2.80. The summed E-state index contributed by atoms with van der Waals surface area (Å²) >= 11 is 21.3. The quantitative estimate of drug-likeness (QED) is 0.645. The standard InChI is InChI=1S/C7H3Cl3N4S/c8-4-3-7(12-2(1-15)11-4)14-6(10)5(9)13-3/h15H,1H2. The molecule has 0 saturated heterocycles. The fourth-order valence-electron chi connectivity index (χ4n) is 0.987. The lowest BCUT2D eigenvalue weighted by atomic mass is 10.5. The fraction of sp³-hybridized carbons (Fsp3) is 0.143. The molecule has 0 aliphatic carbocycles. The molecule has 2 heterocycles. The number of hydrogen-bond acceptors (Lipinski definition) is 5. The van der Waals surface area contributed by atoms with E-state index in [1.165, 1.54) is 0 Å². The summed E-state index contributed by atoms with van der Waals surface area (Å²) in [6.07, 6.45) is 0. The van der Waals surface area contributed by atoms with Crippen LogP contribution >= 0.6 is 47.4 Å². The summed E-state index contributed by atoms with van der Waals surface area (Å²) in [4.78, 5) is 15.9. The monoisotopic (exact) mass is 280 g/mol. The van der Waals surface area contributed by atoms with Gasteiger partial charge in [0.25, 0.3) is 0 Å². The third-order valence-corrected chi connectivity index (χ3v) is 2.77. The van der Waals surface area contributed by atoms with Crippen molar-refractivity contribution in [3.8, 4) is 0 Å². The molecule has 8 heteroatoms. The first-order valence-electron chi connectivity index (χ1n) is 3.78. The zero-order chi connectivity index (χ0) is 11.0. The highest BCUT2D eigenvalue weighted by molar-refractivity contribution is 7.79. The Hall–Kier alpha value is -0.360. The van der Waals surface area contributed by atoms with Crippen molar-refractivity contribution in [1.82, 2.24) is 19.9 Å². The van der Waals surface area contributed by atoms with Crippen molar-refractivity contribution in [2.24, 2.45) is 0 Å². The Morgan fingerprint density at radius 2 is 1.53 bits per heavy atom. The van der Waals surface area contributed by atoms with Crippen LogP contribution in [-0.4, -0.2) is 19.9 Å². The topological polar surface area (TPSA) is 51.6 Å². The van der Waals surface area contributed by atoms with E-state index in [0.29, 0.717) is 22.7 Å². The summed E-state index contributed by atoms with van der Waals surface area (Å²) in [5.41, 5.74) is 0.644. The van der Waals surface area contributed by atoms with Gasteiger partial charge in [0.1, 0.15) is 11.3 Å². The first-order chi connectivity index (χ1) is 7.11. The van der Waals surface area contributed by atoms with Crippen LogP contribution in [0.15, 0.2) is 0 Å². The molecule has 0 amide bonds. The van der Waals surface area contributed by atoms with Gasteiger partial charge in [-0.15, -0.1) is 0 Å². The van der Waals surface area contributed by atoms with Gasteiger partial charge >= 0.3 is 0 Å². The van der Waals surface area contributed by atoms with E-state index < -0.39 is 0 Å². The number of rotatable bonds is 1. The van der Waals surface area contributed by atoms with Gasteiger partial charge in [-0.1, -0.05) is 34.8 Å². The van der Waals surface area contributed by atoms with Gasteiger partial charge in [-0.05, 0) is 0 Å². The minimum Gasteiger partial charge on any atom is -0.226 e. The maximum atomic E-state index is 5.88. The molecule has 15 heavy (non-hydrogen) atoms. The van der Waals surface area contributed by atoms with Crippen molar-refractivity contribution in [3.05, 3.63) is 21.3 Å². The van der Waals surface area contributed by atoms with Crippen molar-refractivity contribution < 1.29 is 0 Å². The van der Waals surface area contributed by atoms with Crippen LogP contribution in [0.1, 0.15) is 5.82 Å². The second-order valence-corrected chi connectivity index (χ2v) is 3.96. The van der Waals surface area contributed by atoms with Crippen LogP contribution in [0.25, 0.3) is 11.2 Å². The lowest BCUT2D eigenvalue weighted by Crippen LogP contribution is -1.98. The highest BCUT2D eigenvalue weighted by Crippen LogP contribution is 2.23. The van der Waals surface area contributed by atoms with Crippen molar-refractivity contribution in [2.45, 2.75) is 5.75 Å². The molecule has 0 aromatic carbocycles. The highest BCUT2D eigenvalue weighted by Gasteiger charge is 2.11. The van der Waals surface area contributed by atoms with Gasteiger partial charge in [0.15, 0.2) is 21.1 Å². The average Bonchev–Trinajstić information content (AvgIpc) is 2.21. The lowest BCUT2D eigenvalue weighted by molar-refractivity contribution is 1.04. The summed E-state index contributed by atoms with van der Waals surface area (Å²) in [6.45, 7) is 0. The third-order valence-electron chi connectivity index (χ3n) is 1.60. The van der Waals surface area contributed by atoms with Crippen LogP contribution in [0.4, 0.5) is 0 Å². The Kier molecular flexibility index (Phi) is 3.16. The molecule has 0 unspecified atom stereocenters. The van der Waals surface area contributed by atoms with Crippen LogP contribution in [-0.2, 0) is 5.75 Å². The molecular formula is C7H3Cl3N4S.